The van der Waals surface area contributed by atoms with Crippen molar-refractivity contribution in [3.63, 3.8) is 0 Å². The van der Waals surface area contributed by atoms with Gasteiger partial charge in [0.05, 0.1) is 35.4 Å². The summed E-state index contributed by atoms with van der Waals surface area (Å²) in [4.78, 5) is 0. The number of nitriles is 2. The number of ether oxygens (including phenoxy) is 1. The van der Waals surface area contributed by atoms with E-state index < -0.39 is 16.1 Å². The first kappa shape index (κ1) is 24.5. The molecule has 0 aliphatic carbocycles. The van der Waals surface area contributed by atoms with Crippen LogP contribution in [0, 0.1) is 22.7 Å². The van der Waals surface area contributed by atoms with Gasteiger partial charge in [-0.2, -0.15) is 10.5 Å². The zero-order valence-corrected chi connectivity index (χ0v) is 21.5. The van der Waals surface area contributed by atoms with Crippen LogP contribution in [0.5, 0.6) is 5.75 Å². The molecule has 0 bridgehead atoms. The van der Waals surface area contributed by atoms with Crippen LogP contribution in [-0.2, 0) is 18.3 Å². The molecular formula is C23H38N2OSi2. The molecule has 0 aliphatic heterocycles. The topological polar surface area (TPSA) is 56.8 Å². The predicted octanol–water partition coefficient (Wildman–Crippen LogP) is 6.54. The molecule has 28 heavy (non-hydrogen) atoms. The maximum Gasteiger partial charge on any atom is 0.125 e. The first-order valence-electron chi connectivity index (χ1n) is 10.1. The molecule has 0 heterocycles. The number of hydrogen-bond donors (Lipinski definition) is 0. The van der Waals surface area contributed by atoms with Gasteiger partial charge in [0.25, 0.3) is 0 Å². The summed E-state index contributed by atoms with van der Waals surface area (Å²) < 4.78 is 5.87. The molecule has 3 nitrogen and oxygen atoms in total. The lowest BCUT2D eigenvalue weighted by Crippen LogP contribution is -2.30. The number of rotatable bonds is 7. The van der Waals surface area contributed by atoms with Crippen molar-refractivity contribution in [2.24, 2.45) is 0 Å². The van der Waals surface area contributed by atoms with E-state index in [9.17, 15) is 10.5 Å². The summed E-state index contributed by atoms with van der Waals surface area (Å²) in [5, 5.41) is 19.6. The molecule has 0 aromatic heterocycles. The minimum atomic E-state index is -1.62. The van der Waals surface area contributed by atoms with E-state index in [1.807, 2.05) is 0 Å². The minimum absolute atomic E-state index is 0.00161. The average Bonchev–Trinajstić information content (AvgIpc) is 2.53. The molecule has 0 saturated heterocycles. The van der Waals surface area contributed by atoms with Crippen LogP contribution in [0.25, 0.3) is 0 Å². The summed E-state index contributed by atoms with van der Waals surface area (Å²) in [5.74, 6) is 0.880. The molecule has 0 saturated carbocycles. The number of methoxy groups -OCH3 is 1. The molecule has 2 atom stereocenters. The maximum absolute atomic E-state index is 9.78. The molecule has 0 aliphatic rings. The third-order valence-corrected chi connectivity index (χ3v) is 10.4. The lowest BCUT2D eigenvalue weighted by Gasteiger charge is -2.29. The Morgan fingerprint density at radius 2 is 1.21 bits per heavy atom. The van der Waals surface area contributed by atoms with Crippen LogP contribution in [0.15, 0.2) is 12.1 Å². The zero-order chi connectivity index (χ0) is 21.9. The molecular weight excluding hydrogens is 376 g/mol. The van der Waals surface area contributed by atoms with Gasteiger partial charge in [-0.1, -0.05) is 72.2 Å². The lowest BCUT2D eigenvalue weighted by molar-refractivity contribution is 0.403. The number of nitrogens with zero attached hydrogens (tertiary/aromatic N) is 2. The van der Waals surface area contributed by atoms with Crippen LogP contribution >= 0.6 is 0 Å². The quantitative estimate of drug-likeness (QED) is 0.476. The highest BCUT2D eigenvalue weighted by atomic mass is 28.3. The van der Waals surface area contributed by atoms with E-state index in [-0.39, 0.29) is 16.5 Å². The lowest BCUT2D eigenvalue weighted by atomic mass is 9.83. The molecule has 0 N–H and O–H groups in total. The maximum atomic E-state index is 9.78. The predicted molar refractivity (Wildman–Crippen MR) is 125 cm³/mol. The van der Waals surface area contributed by atoms with Gasteiger partial charge in [0.1, 0.15) is 5.75 Å². The fourth-order valence-electron chi connectivity index (χ4n) is 3.28. The summed E-state index contributed by atoms with van der Waals surface area (Å²) >= 11 is 0. The minimum Gasteiger partial charge on any atom is -0.496 e. The Kier molecular flexibility index (Phi) is 7.73. The summed E-state index contributed by atoms with van der Waals surface area (Å²) in [5.41, 5.74) is 3.55. The average molecular weight is 415 g/mol. The summed E-state index contributed by atoms with van der Waals surface area (Å²) in [6.45, 7) is 20.1. The molecule has 2 unspecified atom stereocenters. The van der Waals surface area contributed by atoms with Crippen LogP contribution in [-0.4, -0.2) is 23.3 Å². The monoisotopic (exact) mass is 414 g/mol. The molecule has 1 aromatic rings. The number of hydrogen-bond acceptors (Lipinski definition) is 3. The van der Waals surface area contributed by atoms with Crippen molar-refractivity contribution in [1.29, 1.82) is 10.5 Å². The Labute approximate surface area is 174 Å². The third-order valence-electron chi connectivity index (χ3n) is 5.56. The van der Waals surface area contributed by atoms with E-state index in [0.29, 0.717) is 0 Å². The molecule has 5 heteroatoms. The van der Waals surface area contributed by atoms with E-state index in [2.05, 4.69) is 84.3 Å². The van der Waals surface area contributed by atoms with Gasteiger partial charge in [0.15, 0.2) is 0 Å². The second-order valence-electron chi connectivity index (χ2n) is 11.1. The van der Waals surface area contributed by atoms with Crippen molar-refractivity contribution in [3.8, 4) is 17.9 Å². The van der Waals surface area contributed by atoms with Crippen molar-refractivity contribution >= 4 is 16.1 Å². The summed E-state index contributed by atoms with van der Waals surface area (Å²) in [6.07, 6.45) is 1.44. The standard InChI is InChI=1S/C23H38N2OSi2/c1-23(2,3)19-11-17(13-20(15-24)27(5,6)7)22(26-4)18(12-19)14-21(16-25)28(8,9)10/h11-12,20-21H,13-14H2,1-10H3. The fourth-order valence-corrected chi connectivity index (χ4v) is 5.72. The Hall–Kier alpha value is -1.57. The van der Waals surface area contributed by atoms with Crippen molar-refractivity contribution in [2.45, 2.75) is 89.4 Å². The van der Waals surface area contributed by atoms with E-state index in [1.165, 1.54) is 5.56 Å². The van der Waals surface area contributed by atoms with Crippen LogP contribution < -0.4 is 4.74 Å². The van der Waals surface area contributed by atoms with Gasteiger partial charge in [-0.15, -0.1) is 0 Å². The van der Waals surface area contributed by atoms with Crippen molar-refractivity contribution < 1.29 is 4.74 Å². The van der Waals surface area contributed by atoms with E-state index >= 15 is 0 Å². The highest BCUT2D eigenvalue weighted by Gasteiger charge is 2.31. The van der Waals surface area contributed by atoms with Gasteiger partial charge in [-0.05, 0) is 34.9 Å². The first-order chi connectivity index (χ1) is 12.6. The third kappa shape index (κ3) is 6.22. The van der Waals surface area contributed by atoms with Crippen LogP contribution in [0.1, 0.15) is 37.5 Å². The summed E-state index contributed by atoms with van der Waals surface area (Å²) in [6, 6.07) is 9.56. The SMILES string of the molecule is COc1c(CC(C#N)[Si](C)(C)C)cc(C(C)(C)C)cc1CC(C#N)[Si](C)(C)C. The Morgan fingerprint density at radius 3 is 1.43 bits per heavy atom. The largest absolute Gasteiger partial charge is 0.496 e. The van der Waals surface area contributed by atoms with E-state index in [4.69, 9.17) is 4.74 Å². The highest BCUT2D eigenvalue weighted by molar-refractivity contribution is 6.78. The molecule has 154 valence electrons. The Balaban J connectivity index is 3.59. The number of benzene rings is 1. The first-order valence-corrected chi connectivity index (χ1v) is 17.3. The van der Waals surface area contributed by atoms with Gasteiger partial charge >= 0.3 is 0 Å². The summed E-state index contributed by atoms with van der Waals surface area (Å²) in [7, 11) is -1.52. The van der Waals surface area contributed by atoms with Crippen LogP contribution in [0.4, 0.5) is 0 Å². The van der Waals surface area contributed by atoms with Crippen LogP contribution in [0.2, 0.25) is 50.4 Å². The highest BCUT2D eigenvalue weighted by Crippen LogP contribution is 2.38. The second kappa shape index (κ2) is 8.84. The van der Waals surface area contributed by atoms with Crippen molar-refractivity contribution in [2.75, 3.05) is 7.11 Å². The van der Waals surface area contributed by atoms with Crippen LogP contribution in [0.3, 0.4) is 0 Å². The van der Waals surface area contributed by atoms with Gasteiger partial charge in [-0.25, -0.2) is 0 Å². The van der Waals surface area contributed by atoms with Crippen molar-refractivity contribution in [3.05, 3.63) is 28.8 Å². The van der Waals surface area contributed by atoms with Crippen molar-refractivity contribution in [1.82, 2.24) is 0 Å². The fraction of sp³-hybridized carbons (Fsp3) is 0.652. The molecule has 0 spiro atoms. The second-order valence-corrected chi connectivity index (χ2v) is 21.9. The van der Waals surface area contributed by atoms with Gasteiger partial charge < -0.3 is 4.74 Å². The molecule has 0 amide bonds. The Morgan fingerprint density at radius 1 is 0.857 bits per heavy atom. The van der Waals surface area contributed by atoms with E-state index in [0.717, 1.165) is 29.7 Å². The molecule has 1 rings (SSSR count). The molecule has 1 aromatic carbocycles. The van der Waals surface area contributed by atoms with Gasteiger partial charge in [0.2, 0.25) is 0 Å². The van der Waals surface area contributed by atoms with Gasteiger partial charge in [0, 0.05) is 11.1 Å². The normalized spacial score (nSPS) is 14.7. The van der Waals surface area contributed by atoms with E-state index in [1.54, 1.807) is 7.11 Å². The molecule has 0 radical (unpaired) electrons. The zero-order valence-electron chi connectivity index (χ0n) is 19.5. The van der Waals surface area contributed by atoms with Gasteiger partial charge in [-0.3, -0.25) is 0 Å². The Bertz CT molecular complexity index is 713. The smallest absolute Gasteiger partial charge is 0.125 e. The molecule has 0 fully saturated rings.